The van der Waals surface area contributed by atoms with Crippen molar-refractivity contribution in [2.45, 2.75) is 110 Å². The molecule has 29 heavy (non-hydrogen) atoms. The molecule has 1 aromatic heterocycles. The molecule has 0 aliphatic carbocycles. The Morgan fingerprint density at radius 2 is 1.41 bits per heavy atom. The van der Waals surface area contributed by atoms with Gasteiger partial charge < -0.3 is 4.57 Å². The molecule has 0 N–H and O–H groups in total. The van der Waals surface area contributed by atoms with E-state index in [1.165, 1.54) is 89.0 Å². The standard InChI is InChI=1S/C27H44N2/c1-3-5-6-7-8-9-10-11-12-13-17-20-27(29-22-21-28-24-29)26(4-2)23-25-18-15-14-16-19-25/h14-16,18-19,21-22,24,26-27H,3-13,17,20,23H2,1-2H3. The second-order valence-corrected chi connectivity index (χ2v) is 8.76. The Balaban J connectivity index is 1.69. The Hall–Kier alpha value is -1.57. The largest absolute Gasteiger partial charge is 0.334 e. The fourth-order valence-corrected chi connectivity index (χ4v) is 4.58. The molecular weight excluding hydrogens is 352 g/mol. The van der Waals surface area contributed by atoms with Crippen LogP contribution < -0.4 is 0 Å². The molecule has 2 nitrogen and oxygen atoms in total. The molecular formula is C27H44N2. The first-order chi connectivity index (χ1) is 14.3. The number of aromatic nitrogens is 2. The molecule has 1 heterocycles. The summed E-state index contributed by atoms with van der Waals surface area (Å²) < 4.78 is 2.37. The first-order valence-corrected chi connectivity index (χ1v) is 12.4. The fraction of sp³-hybridized carbons (Fsp3) is 0.667. The average Bonchev–Trinajstić information content (AvgIpc) is 3.28. The van der Waals surface area contributed by atoms with Crippen LogP contribution in [0.3, 0.4) is 0 Å². The van der Waals surface area contributed by atoms with Crippen molar-refractivity contribution in [2.24, 2.45) is 5.92 Å². The van der Waals surface area contributed by atoms with Crippen molar-refractivity contribution < 1.29 is 0 Å². The third kappa shape index (κ3) is 9.65. The van der Waals surface area contributed by atoms with Gasteiger partial charge in [-0.15, -0.1) is 0 Å². The van der Waals surface area contributed by atoms with Gasteiger partial charge in [-0.25, -0.2) is 4.98 Å². The van der Waals surface area contributed by atoms with Crippen molar-refractivity contribution in [2.75, 3.05) is 0 Å². The highest BCUT2D eigenvalue weighted by Gasteiger charge is 2.21. The molecule has 2 unspecified atom stereocenters. The Morgan fingerprint density at radius 3 is 1.97 bits per heavy atom. The number of imidazole rings is 1. The zero-order valence-electron chi connectivity index (χ0n) is 19.1. The van der Waals surface area contributed by atoms with Crippen LogP contribution >= 0.6 is 0 Å². The fourth-order valence-electron chi connectivity index (χ4n) is 4.58. The van der Waals surface area contributed by atoms with Gasteiger partial charge in [0.05, 0.1) is 6.33 Å². The minimum Gasteiger partial charge on any atom is -0.334 e. The lowest BCUT2D eigenvalue weighted by atomic mass is 9.86. The van der Waals surface area contributed by atoms with E-state index in [9.17, 15) is 0 Å². The van der Waals surface area contributed by atoms with Gasteiger partial charge in [0.2, 0.25) is 0 Å². The Labute approximate surface area is 180 Å². The van der Waals surface area contributed by atoms with E-state index < -0.39 is 0 Å². The summed E-state index contributed by atoms with van der Waals surface area (Å²) in [6.45, 7) is 4.64. The van der Waals surface area contributed by atoms with Crippen LogP contribution in [0.25, 0.3) is 0 Å². The molecule has 0 aliphatic rings. The molecule has 1 aromatic carbocycles. The lowest BCUT2D eigenvalue weighted by Gasteiger charge is -2.28. The number of unbranched alkanes of at least 4 members (excludes halogenated alkanes) is 10. The molecule has 2 atom stereocenters. The van der Waals surface area contributed by atoms with Gasteiger partial charge in [-0.1, -0.05) is 121 Å². The number of nitrogens with zero attached hydrogens (tertiary/aromatic N) is 2. The molecule has 2 heteroatoms. The number of hydrogen-bond donors (Lipinski definition) is 0. The van der Waals surface area contributed by atoms with E-state index in [0.29, 0.717) is 12.0 Å². The van der Waals surface area contributed by atoms with Crippen LogP contribution in [0.5, 0.6) is 0 Å². The van der Waals surface area contributed by atoms with Crippen molar-refractivity contribution in [1.82, 2.24) is 9.55 Å². The Kier molecular flexibility index (Phi) is 12.5. The number of benzene rings is 1. The third-order valence-corrected chi connectivity index (χ3v) is 6.42. The van der Waals surface area contributed by atoms with E-state index in [2.05, 4.69) is 59.9 Å². The van der Waals surface area contributed by atoms with E-state index in [1.54, 1.807) is 0 Å². The molecule has 2 rings (SSSR count). The zero-order chi connectivity index (χ0) is 20.6. The van der Waals surface area contributed by atoms with Crippen LogP contribution in [0, 0.1) is 5.92 Å². The topological polar surface area (TPSA) is 17.8 Å². The van der Waals surface area contributed by atoms with Gasteiger partial charge in [-0.3, -0.25) is 0 Å². The minimum atomic E-state index is 0.571. The van der Waals surface area contributed by atoms with Gasteiger partial charge in [0.1, 0.15) is 0 Å². The van der Waals surface area contributed by atoms with Gasteiger partial charge >= 0.3 is 0 Å². The summed E-state index contributed by atoms with van der Waals surface area (Å²) in [4.78, 5) is 4.33. The summed E-state index contributed by atoms with van der Waals surface area (Å²) in [6, 6.07) is 11.6. The molecule has 0 amide bonds. The average molecular weight is 397 g/mol. The number of hydrogen-bond acceptors (Lipinski definition) is 1. The van der Waals surface area contributed by atoms with E-state index in [-0.39, 0.29) is 0 Å². The maximum atomic E-state index is 4.33. The molecule has 0 spiro atoms. The second-order valence-electron chi connectivity index (χ2n) is 8.76. The Morgan fingerprint density at radius 1 is 0.793 bits per heavy atom. The molecule has 0 saturated carbocycles. The molecule has 162 valence electrons. The van der Waals surface area contributed by atoms with Crippen molar-refractivity contribution in [1.29, 1.82) is 0 Å². The SMILES string of the molecule is CCCCCCCCCCCCCC(C(CC)Cc1ccccc1)n1ccnc1. The van der Waals surface area contributed by atoms with E-state index >= 15 is 0 Å². The maximum Gasteiger partial charge on any atom is 0.0948 e. The van der Waals surface area contributed by atoms with Crippen LogP contribution in [0.15, 0.2) is 49.1 Å². The summed E-state index contributed by atoms with van der Waals surface area (Å²) in [5.41, 5.74) is 1.46. The van der Waals surface area contributed by atoms with Gasteiger partial charge in [0.15, 0.2) is 0 Å². The van der Waals surface area contributed by atoms with Crippen LogP contribution in [0.1, 0.15) is 109 Å². The highest BCUT2D eigenvalue weighted by atomic mass is 15.1. The molecule has 0 aliphatic heterocycles. The van der Waals surface area contributed by atoms with Crippen molar-refractivity contribution >= 4 is 0 Å². The molecule has 0 bridgehead atoms. The second kappa shape index (κ2) is 15.3. The smallest absolute Gasteiger partial charge is 0.0948 e. The van der Waals surface area contributed by atoms with Gasteiger partial charge in [-0.2, -0.15) is 0 Å². The Bertz CT molecular complexity index is 590. The van der Waals surface area contributed by atoms with E-state index in [1.807, 2.05) is 12.5 Å². The van der Waals surface area contributed by atoms with Gasteiger partial charge in [0, 0.05) is 18.4 Å². The summed E-state index contributed by atoms with van der Waals surface area (Å²) in [5, 5.41) is 0. The van der Waals surface area contributed by atoms with Crippen molar-refractivity contribution in [3.63, 3.8) is 0 Å². The van der Waals surface area contributed by atoms with E-state index in [0.717, 1.165) is 6.42 Å². The molecule has 0 fully saturated rings. The number of rotatable bonds is 17. The van der Waals surface area contributed by atoms with E-state index in [4.69, 9.17) is 0 Å². The van der Waals surface area contributed by atoms with Crippen LogP contribution in [-0.4, -0.2) is 9.55 Å². The lowest BCUT2D eigenvalue weighted by molar-refractivity contribution is 0.290. The van der Waals surface area contributed by atoms with Gasteiger partial charge in [0.25, 0.3) is 0 Å². The molecule has 0 radical (unpaired) electrons. The van der Waals surface area contributed by atoms with Gasteiger partial charge in [-0.05, 0) is 24.3 Å². The summed E-state index contributed by atoms with van der Waals surface area (Å²) >= 11 is 0. The third-order valence-electron chi connectivity index (χ3n) is 6.42. The highest BCUT2D eigenvalue weighted by Crippen LogP contribution is 2.30. The minimum absolute atomic E-state index is 0.571. The zero-order valence-corrected chi connectivity index (χ0v) is 19.1. The monoisotopic (exact) mass is 396 g/mol. The normalized spacial score (nSPS) is 13.4. The van der Waals surface area contributed by atoms with Crippen LogP contribution in [0.4, 0.5) is 0 Å². The van der Waals surface area contributed by atoms with Crippen molar-refractivity contribution in [3.8, 4) is 0 Å². The lowest BCUT2D eigenvalue weighted by Crippen LogP contribution is -2.20. The predicted molar refractivity (Wildman–Crippen MR) is 126 cm³/mol. The van der Waals surface area contributed by atoms with Crippen molar-refractivity contribution in [3.05, 3.63) is 54.6 Å². The molecule has 2 aromatic rings. The first kappa shape index (κ1) is 23.7. The summed E-state index contributed by atoms with van der Waals surface area (Å²) in [5.74, 6) is 0.676. The predicted octanol–water partition coefficient (Wildman–Crippen LogP) is 8.39. The quantitative estimate of drug-likeness (QED) is 0.245. The molecule has 0 saturated heterocycles. The first-order valence-electron chi connectivity index (χ1n) is 12.4. The maximum absolute atomic E-state index is 4.33. The van der Waals surface area contributed by atoms with Crippen LogP contribution in [-0.2, 0) is 6.42 Å². The highest BCUT2D eigenvalue weighted by molar-refractivity contribution is 5.15. The van der Waals surface area contributed by atoms with Crippen LogP contribution in [0.2, 0.25) is 0 Å². The summed E-state index contributed by atoms with van der Waals surface area (Å²) in [7, 11) is 0. The summed E-state index contributed by atoms with van der Waals surface area (Å²) in [6.07, 6.45) is 25.3.